The molecule has 0 unspecified atom stereocenters. The number of hydrogen-bond donors (Lipinski definition) is 1. The van der Waals surface area contributed by atoms with Crippen molar-refractivity contribution in [3.63, 3.8) is 0 Å². The topological polar surface area (TPSA) is 65.4 Å². The molecule has 8 heteroatoms. The predicted octanol–water partition coefficient (Wildman–Crippen LogP) is 4.54. The minimum atomic E-state index is -0.287. The summed E-state index contributed by atoms with van der Waals surface area (Å²) in [6, 6.07) is 12.6. The van der Waals surface area contributed by atoms with Crippen LogP contribution in [-0.2, 0) is 11.5 Å². The molecule has 1 aliphatic rings. The van der Waals surface area contributed by atoms with Crippen LogP contribution in [-0.4, -0.2) is 29.9 Å². The van der Waals surface area contributed by atoms with E-state index in [0.717, 1.165) is 28.5 Å². The Morgan fingerprint density at radius 1 is 1.14 bits per heavy atom. The summed E-state index contributed by atoms with van der Waals surface area (Å²) in [4.78, 5) is 13.1. The molecule has 3 aromatic rings. The number of hydrogen-bond acceptors (Lipinski definition) is 5. The van der Waals surface area contributed by atoms with Gasteiger partial charge in [-0.05, 0) is 36.4 Å². The number of nitrogens with zero attached hydrogens (tertiary/aromatic N) is 2. The van der Waals surface area contributed by atoms with Gasteiger partial charge in [0.15, 0.2) is 11.5 Å². The van der Waals surface area contributed by atoms with Gasteiger partial charge in [-0.2, -0.15) is 16.9 Å². The lowest BCUT2D eigenvalue weighted by Crippen LogP contribution is -2.17. The first-order valence-electron chi connectivity index (χ1n) is 8.59. The van der Waals surface area contributed by atoms with Gasteiger partial charge >= 0.3 is 0 Å². The fourth-order valence-corrected chi connectivity index (χ4v) is 4.31. The number of benzene rings is 2. The number of rotatable bonds is 5. The number of para-hydroxylation sites is 1. The molecule has 0 spiro atoms. The molecule has 2 aromatic carbocycles. The van der Waals surface area contributed by atoms with Gasteiger partial charge in [-0.3, -0.25) is 4.79 Å². The highest BCUT2D eigenvalue weighted by atomic mass is 35.5. The molecule has 1 N–H and O–H groups in total. The summed E-state index contributed by atoms with van der Waals surface area (Å²) in [5.74, 6) is 2.89. The van der Waals surface area contributed by atoms with Gasteiger partial charge < -0.3 is 14.8 Å². The van der Waals surface area contributed by atoms with E-state index in [9.17, 15) is 4.79 Å². The molecular formula is C20H18ClN3O3S. The van der Waals surface area contributed by atoms with Gasteiger partial charge in [0.05, 0.1) is 31.2 Å². The number of ether oxygens (including phenoxy) is 2. The Morgan fingerprint density at radius 3 is 2.64 bits per heavy atom. The zero-order valence-electron chi connectivity index (χ0n) is 15.4. The van der Waals surface area contributed by atoms with E-state index in [1.165, 1.54) is 7.11 Å². The predicted molar refractivity (Wildman–Crippen MR) is 111 cm³/mol. The summed E-state index contributed by atoms with van der Waals surface area (Å²) < 4.78 is 12.5. The fraction of sp³-hybridized carbons (Fsp3) is 0.200. The van der Waals surface area contributed by atoms with E-state index in [4.69, 9.17) is 26.2 Å². The second-order valence-electron chi connectivity index (χ2n) is 6.15. The van der Waals surface area contributed by atoms with Gasteiger partial charge in [-0.15, -0.1) is 0 Å². The Bertz CT molecular complexity index is 1030. The Hall–Kier alpha value is -2.64. The molecule has 4 rings (SSSR count). The molecule has 0 saturated heterocycles. The van der Waals surface area contributed by atoms with Gasteiger partial charge in [0, 0.05) is 22.1 Å². The summed E-state index contributed by atoms with van der Waals surface area (Å²) >= 11 is 7.79. The first-order chi connectivity index (χ1) is 13.6. The molecule has 1 aliphatic heterocycles. The number of fused-ring (bicyclic) bond motifs is 1. The molecule has 1 aromatic heterocycles. The number of aromatic nitrogens is 2. The third-order valence-corrected chi connectivity index (χ3v) is 5.72. The first kappa shape index (κ1) is 18.7. The standard InChI is InChI=1S/C20H18ClN3O3S/c1-26-17-5-3-4-14(18(17)27-2)20(25)22-19-15-10-28-11-16(15)23-24(19)13-8-6-12(21)7-9-13/h3-9H,10-11H2,1-2H3,(H,22,25). The van der Waals surface area contributed by atoms with E-state index in [0.29, 0.717) is 27.9 Å². The Labute approximate surface area is 171 Å². The number of carbonyl (C=O) groups is 1. The van der Waals surface area contributed by atoms with Crippen molar-refractivity contribution in [2.45, 2.75) is 11.5 Å². The smallest absolute Gasteiger partial charge is 0.260 e. The maximum Gasteiger partial charge on any atom is 0.260 e. The molecule has 0 saturated carbocycles. The van der Waals surface area contributed by atoms with Crippen molar-refractivity contribution in [2.75, 3.05) is 19.5 Å². The van der Waals surface area contributed by atoms with Crippen molar-refractivity contribution >= 4 is 35.1 Å². The summed E-state index contributed by atoms with van der Waals surface area (Å²) in [6.07, 6.45) is 0. The summed E-state index contributed by atoms with van der Waals surface area (Å²) in [5.41, 5.74) is 3.24. The molecule has 28 heavy (non-hydrogen) atoms. The van der Waals surface area contributed by atoms with Gasteiger partial charge in [0.1, 0.15) is 5.82 Å². The SMILES string of the molecule is COc1cccc(C(=O)Nc2c3c(nn2-c2ccc(Cl)cc2)CSC3)c1OC. The maximum absolute atomic E-state index is 13.1. The van der Waals surface area contributed by atoms with Crippen LogP contribution in [0.3, 0.4) is 0 Å². The van der Waals surface area contributed by atoms with Crippen LogP contribution >= 0.6 is 23.4 Å². The van der Waals surface area contributed by atoms with Crippen LogP contribution in [0.2, 0.25) is 5.02 Å². The Kier molecular flexibility index (Phi) is 5.19. The highest BCUT2D eigenvalue weighted by molar-refractivity contribution is 7.98. The van der Waals surface area contributed by atoms with Crippen molar-refractivity contribution in [2.24, 2.45) is 0 Å². The van der Waals surface area contributed by atoms with Gasteiger partial charge in [0.25, 0.3) is 5.91 Å². The molecule has 6 nitrogen and oxygen atoms in total. The van der Waals surface area contributed by atoms with E-state index < -0.39 is 0 Å². The maximum atomic E-state index is 13.1. The van der Waals surface area contributed by atoms with Crippen molar-refractivity contribution in [3.8, 4) is 17.2 Å². The van der Waals surface area contributed by atoms with Crippen LogP contribution in [0.5, 0.6) is 11.5 Å². The van der Waals surface area contributed by atoms with E-state index in [2.05, 4.69) is 5.32 Å². The normalized spacial score (nSPS) is 12.5. The van der Waals surface area contributed by atoms with Crippen LogP contribution in [0.4, 0.5) is 5.82 Å². The molecule has 0 fully saturated rings. The zero-order chi connectivity index (χ0) is 19.7. The average molecular weight is 416 g/mol. The number of carbonyl (C=O) groups excluding carboxylic acids is 1. The Balaban J connectivity index is 1.74. The van der Waals surface area contributed by atoms with E-state index in [-0.39, 0.29) is 5.91 Å². The highest BCUT2D eigenvalue weighted by Crippen LogP contribution is 2.37. The van der Waals surface area contributed by atoms with Crippen molar-refractivity contribution in [1.29, 1.82) is 0 Å². The van der Waals surface area contributed by atoms with Crippen LogP contribution in [0, 0.1) is 0 Å². The number of anilines is 1. The summed E-state index contributed by atoms with van der Waals surface area (Å²) in [7, 11) is 3.06. The minimum Gasteiger partial charge on any atom is -0.493 e. The number of amides is 1. The van der Waals surface area contributed by atoms with E-state index >= 15 is 0 Å². The average Bonchev–Trinajstić information content (AvgIpc) is 3.30. The quantitative estimate of drug-likeness (QED) is 0.662. The molecule has 2 heterocycles. The lowest BCUT2D eigenvalue weighted by molar-refractivity contribution is 0.102. The number of methoxy groups -OCH3 is 2. The monoisotopic (exact) mass is 415 g/mol. The number of thioether (sulfide) groups is 1. The molecule has 0 bridgehead atoms. The molecule has 0 aliphatic carbocycles. The van der Waals surface area contributed by atoms with Gasteiger partial charge in [-0.1, -0.05) is 17.7 Å². The second kappa shape index (κ2) is 7.77. The third kappa shape index (κ3) is 3.31. The van der Waals surface area contributed by atoms with E-state index in [1.54, 1.807) is 53.9 Å². The summed E-state index contributed by atoms with van der Waals surface area (Å²) in [6.45, 7) is 0. The lowest BCUT2D eigenvalue weighted by atomic mass is 10.1. The van der Waals surface area contributed by atoms with Crippen LogP contribution in [0.25, 0.3) is 5.69 Å². The van der Waals surface area contributed by atoms with Crippen LogP contribution in [0.15, 0.2) is 42.5 Å². The second-order valence-corrected chi connectivity index (χ2v) is 7.57. The van der Waals surface area contributed by atoms with Crippen LogP contribution in [0.1, 0.15) is 21.6 Å². The molecular weight excluding hydrogens is 398 g/mol. The molecule has 1 amide bonds. The third-order valence-electron chi connectivity index (χ3n) is 4.50. The Morgan fingerprint density at radius 2 is 1.93 bits per heavy atom. The van der Waals surface area contributed by atoms with Crippen molar-refractivity contribution in [1.82, 2.24) is 9.78 Å². The largest absolute Gasteiger partial charge is 0.493 e. The fourth-order valence-electron chi connectivity index (χ4n) is 3.15. The first-order valence-corrected chi connectivity index (χ1v) is 10.1. The van der Waals surface area contributed by atoms with Crippen molar-refractivity contribution < 1.29 is 14.3 Å². The highest BCUT2D eigenvalue weighted by Gasteiger charge is 2.26. The molecule has 0 atom stereocenters. The van der Waals surface area contributed by atoms with Gasteiger partial charge in [0.2, 0.25) is 0 Å². The van der Waals surface area contributed by atoms with Gasteiger partial charge in [-0.25, -0.2) is 4.68 Å². The van der Waals surface area contributed by atoms with Crippen molar-refractivity contribution in [3.05, 3.63) is 64.3 Å². The van der Waals surface area contributed by atoms with E-state index in [1.807, 2.05) is 12.1 Å². The number of halogens is 1. The zero-order valence-corrected chi connectivity index (χ0v) is 16.9. The minimum absolute atomic E-state index is 0.287. The molecule has 0 radical (unpaired) electrons. The lowest BCUT2D eigenvalue weighted by Gasteiger charge is -2.14. The number of nitrogens with one attached hydrogen (secondary N) is 1. The van der Waals surface area contributed by atoms with Crippen LogP contribution < -0.4 is 14.8 Å². The summed E-state index contributed by atoms with van der Waals surface area (Å²) in [5, 5.41) is 8.37. The molecule has 144 valence electrons.